The first-order valence-corrected chi connectivity index (χ1v) is 11.6. The van der Waals surface area contributed by atoms with Gasteiger partial charge in [0.1, 0.15) is 29.1 Å². The standard InChI is InChI=1S/C12H14INO3.C10H13IO3/c1-8(7-15)12(6-14)17-9-3-4-11(16-2)10(13)5-9;1-6(5-12)7-3-10(14-2)8(11)4-9(7)13/h3-5,8,12,15H,7H2,1-2H3;3-4,6,12-13H,5H2,1-2H3. The molecular weight excluding hydrogens is 628 g/mol. The van der Waals surface area contributed by atoms with Gasteiger partial charge in [0.15, 0.2) is 6.10 Å². The first kappa shape index (κ1) is 27.5. The second-order valence-corrected chi connectivity index (χ2v) is 9.08. The van der Waals surface area contributed by atoms with Gasteiger partial charge in [0, 0.05) is 24.0 Å². The smallest absolute Gasteiger partial charge is 0.189 e. The lowest BCUT2D eigenvalue weighted by Gasteiger charge is -2.17. The van der Waals surface area contributed by atoms with E-state index in [1.54, 1.807) is 51.5 Å². The number of benzene rings is 2. The Hall–Kier alpha value is -1.49. The summed E-state index contributed by atoms with van der Waals surface area (Å²) in [4.78, 5) is 0. The van der Waals surface area contributed by atoms with Gasteiger partial charge in [-0.25, -0.2) is 0 Å². The molecule has 0 saturated carbocycles. The van der Waals surface area contributed by atoms with Crippen LogP contribution in [0.25, 0.3) is 0 Å². The van der Waals surface area contributed by atoms with Gasteiger partial charge in [-0.15, -0.1) is 0 Å². The Morgan fingerprint density at radius 3 is 2.06 bits per heavy atom. The molecule has 3 N–H and O–H groups in total. The van der Waals surface area contributed by atoms with E-state index in [0.717, 1.165) is 18.6 Å². The number of aliphatic hydroxyl groups excluding tert-OH is 2. The van der Waals surface area contributed by atoms with Crippen LogP contribution in [-0.2, 0) is 0 Å². The van der Waals surface area contributed by atoms with Crippen molar-refractivity contribution in [2.45, 2.75) is 25.9 Å². The van der Waals surface area contributed by atoms with Crippen LogP contribution >= 0.6 is 45.2 Å². The van der Waals surface area contributed by atoms with Gasteiger partial charge in [0.2, 0.25) is 0 Å². The summed E-state index contributed by atoms with van der Waals surface area (Å²) in [6.07, 6.45) is -0.649. The summed E-state index contributed by atoms with van der Waals surface area (Å²) in [5.41, 5.74) is 0.713. The third kappa shape index (κ3) is 8.17. The summed E-state index contributed by atoms with van der Waals surface area (Å²) in [6.45, 7) is 3.55. The van der Waals surface area contributed by atoms with Crippen LogP contribution in [0.4, 0.5) is 0 Å². The molecule has 0 aliphatic carbocycles. The fourth-order valence-corrected chi connectivity index (χ4v) is 3.82. The normalized spacial score (nSPS) is 13.1. The Balaban J connectivity index is 0.000000316. The van der Waals surface area contributed by atoms with Crippen LogP contribution in [-0.4, -0.2) is 48.9 Å². The SMILES string of the molecule is COc1cc(C(C)CO)c(O)cc1I.COc1ccc(OC(C#N)C(C)CO)cc1I. The Kier molecular flexibility index (Phi) is 12.3. The number of halogens is 2. The molecule has 0 aliphatic heterocycles. The molecule has 3 atom stereocenters. The topological polar surface area (TPSA) is 112 Å². The molecule has 0 fully saturated rings. The van der Waals surface area contributed by atoms with Crippen molar-refractivity contribution in [1.29, 1.82) is 5.26 Å². The molecule has 170 valence electrons. The molecule has 3 unspecified atom stereocenters. The van der Waals surface area contributed by atoms with Crippen molar-refractivity contribution in [2.75, 3.05) is 27.4 Å². The second kappa shape index (κ2) is 13.8. The van der Waals surface area contributed by atoms with Gasteiger partial charge in [-0.1, -0.05) is 13.8 Å². The Morgan fingerprint density at radius 2 is 1.58 bits per heavy atom. The number of aromatic hydroxyl groups is 1. The number of ether oxygens (including phenoxy) is 3. The number of hydrogen-bond acceptors (Lipinski definition) is 7. The zero-order valence-electron chi connectivity index (χ0n) is 17.8. The van der Waals surface area contributed by atoms with Gasteiger partial charge in [0.05, 0.1) is 28.0 Å². The summed E-state index contributed by atoms with van der Waals surface area (Å²) in [5, 5.41) is 36.6. The minimum absolute atomic E-state index is 0.0112. The zero-order valence-corrected chi connectivity index (χ0v) is 22.1. The Labute approximate surface area is 210 Å². The van der Waals surface area contributed by atoms with E-state index in [-0.39, 0.29) is 30.8 Å². The number of aliphatic hydroxyl groups is 2. The van der Waals surface area contributed by atoms with Gasteiger partial charge in [-0.05, 0) is 75.5 Å². The van der Waals surface area contributed by atoms with E-state index in [2.05, 4.69) is 45.2 Å². The van der Waals surface area contributed by atoms with Gasteiger partial charge in [-0.3, -0.25) is 0 Å². The molecule has 0 aliphatic rings. The van der Waals surface area contributed by atoms with E-state index in [0.29, 0.717) is 11.3 Å². The van der Waals surface area contributed by atoms with Gasteiger partial charge >= 0.3 is 0 Å². The maximum absolute atomic E-state index is 9.64. The quantitative estimate of drug-likeness (QED) is 0.364. The van der Waals surface area contributed by atoms with Crippen molar-refractivity contribution in [3.05, 3.63) is 43.0 Å². The van der Waals surface area contributed by atoms with E-state index in [1.165, 1.54) is 0 Å². The second-order valence-electron chi connectivity index (χ2n) is 6.75. The number of rotatable bonds is 8. The summed E-state index contributed by atoms with van der Waals surface area (Å²) in [5.74, 6) is 1.99. The van der Waals surface area contributed by atoms with Crippen LogP contribution in [0.5, 0.6) is 23.0 Å². The van der Waals surface area contributed by atoms with Crippen molar-refractivity contribution in [3.63, 3.8) is 0 Å². The van der Waals surface area contributed by atoms with E-state index < -0.39 is 6.10 Å². The first-order chi connectivity index (χ1) is 14.7. The fourth-order valence-electron chi connectivity index (χ4n) is 2.44. The molecule has 2 rings (SSSR count). The van der Waals surface area contributed by atoms with E-state index >= 15 is 0 Å². The highest BCUT2D eigenvalue weighted by Gasteiger charge is 2.18. The summed E-state index contributed by atoms with van der Waals surface area (Å²) in [6, 6.07) is 10.8. The lowest BCUT2D eigenvalue weighted by atomic mass is 10.0. The van der Waals surface area contributed by atoms with Crippen LogP contribution in [0.3, 0.4) is 0 Å². The number of hydrogen-bond donors (Lipinski definition) is 3. The van der Waals surface area contributed by atoms with Crippen LogP contribution in [0.1, 0.15) is 25.3 Å². The highest BCUT2D eigenvalue weighted by atomic mass is 127. The van der Waals surface area contributed by atoms with E-state index in [9.17, 15) is 5.11 Å². The minimum Gasteiger partial charge on any atom is -0.508 e. The molecule has 31 heavy (non-hydrogen) atoms. The molecule has 9 heteroatoms. The maximum Gasteiger partial charge on any atom is 0.189 e. The van der Waals surface area contributed by atoms with Crippen molar-refractivity contribution in [2.24, 2.45) is 5.92 Å². The lowest BCUT2D eigenvalue weighted by molar-refractivity contribution is 0.133. The average molecular weight is 655 g/mol. The number of methoxy groups -OCH3 is 2. The maximum atomic E-state index is 9.64. The highest BCUT2D eigenvalue weighted by molar-refractivity contribution is 14.1. The van der Waals surface area contributed by atoms with Crippen LogP contribution < -0.4 is 14.2 Å². The fraction of sp³-hybridized carbons (Fsp3) is 0.409. The number of nitrogens with zero attached hydrogens (tertiary/aromatic N) is 1. The number of phenolic OH excluding ortho intramolecular Hbond substituents is 1. The van der Waals surface area contributed by atoms with Gasteiger partial charge in [0.25, 0.3) is 0 Å². The Morgan fingerprint density at radius 1 is 0.968 bits per heavy atom. The van der Waals surface area contributed by atoms with Gasteiger partial charge in [-0.2, -0.15) is 5.26 Å². The predicted octanol–water partition coefficient (Wildman–Crippen LogP) is 4.30. The molecule has 0 saturated heterocycles. The van der Waals surface area contributed by atoms with Crippen molar-refractivity contribution in [1.82, 2.24) is 0 Å². The third-order valence-electron chi connectivity index (χ3n) is 4.42. The van der Waals surface area contributed by atoms with E-state index in [4.69, 9.17) is 29.7 Å². The number of phenols is 1. The predicted molar refractivity (Wildman–Crippen MR) is 135 cm³/mol. The third-order valence-corrected chi connectivity index (χ3v) is 6.11. The minimum atomic E-state index is -0.649. The average Bonchev–Trinajstić information content (AvgIpc) is 2.77. The monoisotopic (exact) mass is 655 g/mol. The largest absolute Gasteiger partial charge is 0.508 e. The van der Waals surface area contributed by atoms with Crippen LogP contribution in [0.15, 0.2) is 30.3 Å². The molecule has 0 spiro atoms. The van der Waals surface area contributed by atoms with Crippen molar-refractivity contribution < 1.29 is 29.5 Å². The molecule has 0 bridgehead atoms. The highest BCUT2D eigenvalue weighted by Crippen LogP contribution is 2.33. The summed E-state index contributed by atoms with van der Waals surface area (Å²) in [7, 11) is 3.19. The molecule has 0 radical (unpaired) electrons. The first-order valence-electron chi connectivity index (χ1n) is 9.40. The molecular formula is C22H27I2NO6. The molecule has 0 aromatic heterocycles. The summed E-state index contributed by atoms with van der Waals surface area (Å²) < 4.78 is 17.6. The molecule has 7 nitrogen and oxygen atoms in total. The lowest BCUT2D eigenvalue weighted by Crippen LogP contribution is -2.25. The number of nitriles is 1. The molecule has 0 amide bonds. The summed E-state index contributed by atoms with van der Waals surface area (Å²) >= 11 is 4.22. The van der Waals surface area contributed by atoms with Crippen LogP contribution in [0, 0.1) is 24.4 Å². The van der Waals surface area contributed by atoms with Gasteiger partial charge < -0.3 is 29.5 Å². The molecule has 2 aromatic rings. The van der Waals surface area contributed by atoms with Crippen molar-refractivity contribution >= 4 is 45.2 Å². The zero-order chi connectivity index (χ0) is 23.6. The van der Waals surface area contributed by atoms with Crippen molar-refractivity contribution in [3.8, 4) is 29.1 Å². The molecule has 2 aromatic carbocycles. The van der Waals surface area contributed by atoms with E-state index in [1.807, 2.05) is 13.0 Å². The Bertz CT molecular complexity index is 887. The molecule has 0 heterocycles. The van der Waals surface area contributed by atoms with Crippen LogP contribution in [0.2, 0.25) is 0 Å².